The summed E-state index contributed by atoms with van der Waals surface area (Å²) in [7, 11) is 0. The fraction of sp³-hybridized carbons (Fsp3) is 0.0196. The average molecular weight is 674 g/mol. The third kappa shape index (κ3) is 3.52. The van der Waals surface area contributed by atoms with Gasteiger partial charge in [-0.3, -0.25) is 0 Å². The molecule has 1 unspecified atom stereocenters. The van der Waals surface area contributed by atoms with Crippen LogP contribution in [0.2, 0.25) is 0 Å². The van der Waals surface area contributed by atoms with Crippen LogP contribution in [0.25, 0.3) is 77.2 Å². The highest BCUT2D eigenvalue weighted by molar-refractivity contribution is 6.10. The Labute approximate surface area is 323 Å². The number of hydrogen-bond donors (Lipinski definition) is 0. The van der Waals surface area contributed by atoms with Gasteiger partial charge in [-0.15, -0.1) is 0 Å². The van der Waals surface area contributed by atoms with Crippen molar-refractivity contribution in [1.82, 2.24) is 0 Å². The molecule has 1 nitrogen and oxygen atoms in total. The lowest BCUT2D eigenvalue weighted by molar-refractivity contribution is 0.487. The van der Waals surface area contributed by atoms with Crippen LogP contribution in [0.5, 0.6) is 11.5 Å². The third-order valence-electron chi connectivity index (χ3n) is 10.8. The van der Waals surface area contributed by atoms with E-state index in [4.69, 9.17) is 18.4 Å². The van der Waals surface area contributed by atoms with E-state index in [-0.39, 0.29) is 62.8 Å². The summed E-state index contributed by atoms with van der Waals surface area (Å²) in [5, 5.41) is 1.01. The van der Waals surface area contributed by atoms with E-state index in [1.807, 2.05) is 72.8 Å². The van der Waals surface area contributed by atoms with E-state index in [1.54, 1.807) is 18.2 Å². The Morgan fingerprint density at radius 3 is 2.12 bits per heavy atom. The molecule has 9 aromatic carbocycles. The largest absolute Gasteiger partial charge is 0.456 e. The second-order valence-electron chi connectivity index (χ2n) is 13.2. The maximum atomic E-state index is 9.79. The van der Waals surface area contributed by atoms with Crippen molar-refractivity contribution in [2.45, 2.75) is 5.41 Å². The quantitative estimate of drug-likeness (QED) is 0.177. The number of ether oxygens (including phenoxy) is 1. The molecule has 0 radical (unpaired) electrons. The molecular weight excluding hydrogens is 629 g/mol. The predicted molar refractivity (Wildman–Crippen MR) is 214 cm³/mol. The van der Waals surface area contributed by atoms with Gasteiger partial charge in [-0.25, -0.2) is 0 Å². The van der Waals surface area contributed by atoms with Gasteiger partial charge in [-0.05, 0) is 113 Å². The number of benzene rings is 9. The van der Waals surface area contributed by atoms with Crippen LogP contribution < -0.4 is 4.74 Å². The lowest BCUT2D eigenvalue weighted by Gasteiger charge is -2.31. The van der Waals surface area contributed by atoms with E-state index >= 15 is 0 Å². The normalized spacial score (nSPS) is 19.6. The SMILES string of the molecule is [2H]c1c([2H])c([2H])c(-c2ccc3c4c(cccc24)-c2cc(-c4ccc5c(c4)C4(c6ccccc6-5)c5c([2H])c([2H])c([2H])c([2H])c5-c5c4c([2H])c([2H])c4c([2H])c([2H])c([2H])c([2H])c54)ccc2O3)c([2H])c1[2H]. The summed E-state index contributed by atoms with van der Waals surface area (Å²) in [6, 6.07) is 21.1. The Morgan fingerprint density at radius 2 is 1.15 bits per heavy atom. The molecule has 0 bridgehead atoms. The van der Waals surface area contributed by atoms with Crippen LogP contribution in [-0.4, -0.2) is 0 Å². The van der Waals surface area contributed by atoms with E-state index in [0.717, 1.165) is 16.7 Å². The average Bonchev–Trinajstić information content (AvgIpc) is 3.81. The highest BCUT2D eigenvalue weighted by Crippen LogP contribution is 2.64. The van der Waals surface area contributed by atoms with Gasteiger partial charge in [-0.2, -0.15) is 0 Å². The minimum Gasteiger partial charge on any atom is -0.456 e. The van der Waals surface area contributed by atoms with E-state index in [2.05, 4.69) is 0 Å². The number of fused-ring (bicyclic) bond motifs is 14. The fourth-order valence-electron chi connectivity index (χ4n) is 8.76. The molecular formula is C51H30O. The van der Waals surface area contributed by atoms with E-state index in [1.165, 1.54) is 0 Å². The van der Waals surface area contributed by atoms with Crippen molar-refractivity contribution in [2.24, 2.45) is 0 Å². The molecule has 1 aliphatic heterocycles. The molecule has 9 aromatic rings. The van der Waals surface area contributed by atoms with Gasteiger partial charge < -0.3 is 4.74 Å². The summed E-state index contributed by atoms with van der Waals surface area (Å²) in [6.07, 6.45) is 0. The van der Waals surface area contributed by atoms with Crippen LogP contribution in [0.1, 0.15) is 42.8 Å². The first-order valence-corrected chi connectivity index (χ1v) is 16.9. The topological polar surface area (TPSA) is 9.23 Å². The van der Waals surface area contributed by atoms with Crippen LogP contribution in [0.3, 0.4) is 0 Å². The van der Waals surface area contributed by atoms with Gasteiger partial charge in [0.15, 0.2) is 0 Å². The molecule has 1 heteroatoms. The summed E-state index contributed by atoms with van der Waals surface area (Å²) < 4.78 is 140. The van der Waals surface area contributed by atoms with Crippen LogP contribution in [0.15, 0.2) is 182 Å². The Balaban J connectivity index is 1.13. The molecule has 0 saturated carbocycles. The first-order chi connectivity index (χ1) is 32.0. The van der Waals surface area contributed by atoms with E-state index in [0.29, 0.717) is 55.7 Å². The van der Waals surface area contributed by atoms with Gasteiger partial charge in [0.2, 0.25) is 0 Å². The van der Waals surface area contributed by atoms with Crippen molar-refractivity contribution in [1.29, 1.82) is 0 Å². The second kappa shape index (κ2) is 10.2. The van der Waals surface area contributed by atoms with Gasteiger partial charge in [0.25, 0.3) is 0 Å². The molecule has 1 spiro atoms. The Kier molecular flexibility index (Phi) is 3.43. The smallest absolute Gasteiger partial charge is 0.135 e. The molecule has 0 amide bonds. The van der Waals surface area contributed by atoms with Crippen molar-refractivity contribution >= 4 is 21.5 Å². The lowest BCUT2D eigenvalue weighted by Crippen LogP contribution is -2.25. The van der Waals surface area contributed by atoms with Gasteiger partial charge in [0, 0.05) is 10.9 Å². The molecule has 0 N–H and O–H groups in total. The zero-order valence-corrected chi connectivity index (χ0v) is 27.1. The molecule has 12 rings (SSSR count). The number of rotatable bonds is 2. The maximum Gasteiger partial charge on any atom is 0.135 e. The molecule has 0 fully saturated rings. The van der Waals surface area contributed by atoms with Gasteiger partial charge in [0.05, 0.1) is 26.0 Å². The summed E-state index contributed by atoms with van der Waals surface area (Å²) >= 11 is 0. The minimum atomic E-state index is -1.64. The first-order valence-electron chi connectivity index (χ1n) is 24.4. The Morgan fingerprint density at radius 1 is 0.404 bits per heavy atom. The molecule has 1 atom stereocenters. The van der Waals surface area contributed by atoms with Crippen molar-refractivity contribution in [3.05, 3.63) is 204 Å². The maximum absolute atomic E-state index is 9.79. The van der Waals surface area contributed by atoms with Crippen LogP contribution >= 0.6 is 0 Å². The van der Waals surface area contributed by atoms with Crippen LogP contribution in [0.4, 0.5) is 0 Å². The van der Waals surface area contributed by atoms with Gasteiger partial charge in [0.1, 0.15) is 11.5 Å². The molecule has 2 aliphatic carbocycles. The van der Waals surface area contributed by atoms with Gasteiger partial charge >= 0.3 is 0 Å². The molecule has 0 aromatic heterocycles. The molecule has 52 heavy (non-hydrogen) atoms. The zero-order chi connectivity index (χ0) is 47.0. The molecule has 0 saturated heterocycles. The van der Waals surface area contributed by atoms with Crippen LogP contribution in [-0.2, 0) is 5.41 Å². The molecule has 3 aliphatic rings. The standard InChI is InChI=1S/C51H30O/c1-2-11-31(12-3-1)35-25-28-48-50-39(35)17-10-18-40(50)42-29-33(23-27-47(42)52-48)34-21-24-38-37-15-6-8-19-43(37)51(46(38)30-34)44-20-9-7-16-41(44)49-36-14-5-4-13-32(36)22-26-45(49)51/h1-30H/i1D,2D,3D,4D,5D,7D,9D,11D,12D,13D,14D,16D,20D,22D,26D. The summed E-state index contributed by atoms with van der Waals surface area (Å²) in [6.45, 7) is 0. The molecule has 1 heterocycles. The van der Waals surface area contributed by atoms with Crippen LogP contribution in [0, 0.1) is 0 Å². The highest BCUT2D eigenvalue weighted by Gasteiger charge is 2.52. The highest BCUT2D eigenvalue weighted by atomic mass is 16.5. The van der Waals surface area contributed by atoms with E-state index < -0.39 is 71.9 Å². The van der Waals surface area contributed by atoms with Crippen molar-refractivity contribution in [3.63, 3.8) is 0 Å². The summed E-state index contributed by atoms with van der Waals surface area (Å²) in [5.41, 5.74) is 4.75. The fourth-order valence-corrected chi connectivity index (χ4v) is 8.76. The Hall–Kier alpha value is -6.70. The monoisotopic (exact) mass is 673 g/mol. The second-order valence-corrected chi connectivity index (χ2v) is 13.2. The van der Waals surface area contributed by atoms with Crippen molar-refractivity contribution in [3.8, 4) is 67.1 Å². The van der Waals surface area contributed by atoms with Crippen molar-refractivity contribution < 1.29 is 25.3 Å². The first kappa shape index (κ1) is 17.5. The predicted octanol–water partition coefficient (Wildman–Crippen LogP) is 13.4. The number of hydrogen-bond acceptors (Lipinski definition) is 1. The molecule has 240 valence electrons. The third-order valence-corrected chi connectivity index (χ3v) is 10.8. The summed E-state index contributed by atoms with van der Waals surface area (Å²) in [5.74, 6) is 1.08. The lowest BCUT2D eigenvalue weighted by atomic mass is 9.70. The van der Waals surface area contributed by atoms with Gasteiger partial charge in [-0.1, -0.05) is 157 Å². The van der Waals surface area contributed by atoms with Crippen molar-refractivity contribution in [2.75, 3.05) is 0 Å². The minimum absolute atomic E-state index is 0.0123. The Bertz CT molecular complexity index is 3830. The van der Waals surface area contributed by atoms with E-state index in [9.17, 15) is 6.85 Å². The summed E-state index contributed by atoms with van der Waals surface area (Å²) in [4.78, 5) is 0. The zero-order valence-electron chi connectivity index (χ0n) is 42.1.